The lowest BCUT2D eigenvalue weighted by Gasteiger charge is -2.12. The lowest BCUT2D eigenvalue weighted by Crippen LogP contribution is -2.27. The number of nitrogen functional groups attached to an aromatic ring is 1. The number of benzene rings is 1. The van der Waals surface area contributed by atoms with E-state index in [1.54, 1.807) is 18.5 Å². The van der Waals surface area contributed by atoms with Crippen molar-refractivity contribution < 1.29 is 4.79 Å². The Morgan fingerprint density at radius 1 is 1.56 bits per heavy atom. The molecule has 4 N–H and O–H groups in total. The number of nitrogens with one attached hydrogen (secondary N) is 2. The third-order valence-electron chi connectivity index (χ3n) is 2.83. The van der Waals surface area contributed by atoms with Gasteiger partial charge in [-0.3, -0.25) is 9.89 Å². The van der Waals surface area contributed by atoms with Gasteiger partial charge in [-0.2, -0.15) is 5.10 Å². The molecule has 0 aliphatic rings. The van der Waals surface area contributed by atoms with E-state index in [4.69, 9.17) is 5.73 Å². The van der Waals surface area contributed by atoms with Crippen molar-refractivity contribution in [3.63, 3.8) is 0 Å². The number of carbonyl (C=O) groups is 1. The molecular formula is C13H16N4O. The molecule has 1 atom stereocenters. The van der Waals surface area contributed by atoms with E-state index in [-0.39, 0.29) is 11.8 Å². The third-order valence-corrected chi connectivity index (χ3v) is 2.83. The van der Waals surface area contributed by atoms with Gasteiger partial charge in [0.1, 0.15) is 0 Å². The highest BCUT2D eigenvalue weighted by atomic mass is 16.1. The summed E-state index contributed by atoms with van der Waals surface area (Å²) in [6, 6.07) is 7.38. The fourth-order valence-corrected chi connectivity index (χ4v) is 1.70. The van der Waals surface area contributed by atoms with E-state index in [9.17, 15) is 4.79 Å². The number of anilines is 1. The second kappa shape index (κ2) is 5.35. The van der Waals surface area contributed by atoms with Crippen LogP contribution < -0.4 is 11.1 Å². The Balaban J connectivity index is 1.96. The van der Waals surface area contributed by atoms with Gasteiger partial charge in [0.25, 0.3) is 0 Å². The van der Waals surface area contributed by atoms with E-state index < -0.39 is 0 Å². The minimum Gasteiger partial charge on any atom is -0.399 e. The topological polar surface area (TPSA) is 83.8 Å². The van der Waals surface area contributed by atoms with Crippen LogP contribution in [-0.2, 0) is 11.3 Å². The first kappa shape index (κ1) is 12.2. The van der Waals surface area contributed by atoms with E-state index in [1.807, 2.05) is 25.1 Å². The molecule has 18 heavy (non-hydrogen) atoms. The van der Waals surface area contributed by atoms with Crippen molar-refractivity contribution in [3.05, 3.63) is 47.8 Å². The number of hydrogen-bond acceptors (Lipinski definition) is 3. The predicted molar refractivity (Wildman–Crippen MR) is 69.7 cm³/mol. The van der Waals surface area contributed by atoms with Crippen LogP contribution in [0, 0.1) is 0 Å². The molecule has 94 valence electrons. The first-order chi connectivity index (χ1) is 8.66. The minimum absolute atomic E-state index is 0.0261. The van der Waals surface area contributed by atoms with Gasteiger partial charge >= 0.3 is 0 Å². The van der Waals surface area contributed by atoms with E-state index >= 15 is 0 Å². The highest BCUT2D eigenvalue weighted by molar-refractivity contribution is 5.83. The monoisotopic (exact) mass is 244 g/mol. The number of H-pyrrole nitrogens is 1. The summed E-state index contributed by atoms with van der Waals surface area (Å²) >= 11 is 0. The first-order valence-electron chi connectivity index (χ1n) is 5.77. The van der Waals surface area contributed by atoms with E-state index in [0.717, 1.165) is 11.1 Å². The van der Waals surface area contributed by atoms with E-state index in [0.29, 0.717) is 12.2 Å². The van der Waals surface area contributed by atoms with E-state index in [1.165, 1.54) is 0 Å². The Morgan fingerprint density at radius 3 is 3.06 bits per heavy atom. The van der Waals surface area contributed by atoms with Crippen LogP contribution in [0.2, 0.25) is 0 Å². The van der Waals surface area contributed by atoms with Gasteiger partial charge in [-0.15, -0.1) is 0 Å². The summed E-state index contributed by atoms with van der Waals surface area (Å²) in [5.74, 6) is -0.248. The molecule has 0 bridgehead atoms. The molecule has 0 aliphatic heterocycles. The Hall–Kier alpha value is -2.30. The number of nitrogens with zero attached hydrogens (tertiary/aromatic N) is 1. The molecule has 0 radical (unpaired) electrons. The van der Waals surface area contributed by atoms with Crippen LogP contribution >= 0.6 is 0 Å². The van der Waals surface area contributed by atoms with Crippen molar-refractivity contribution in [2.24, 2.45) is 0 Å². The molecule has 0 spiro atoms. The van der Waals surface area contributed by atoms with E-state index in [2.05, 4.69) is 15.5 Å². The fourth-order valence-electron chi connectivity index (χ4n) is 1.70. The predicted octanol–water partition coefficient (Wildman–Crippen LogP) is 1.41. The van der Waals surface area contributed by atoms with Crippen LogP contribution in [0.5, 0.6) is 0 Å². The quantitative estimate of drug-likeness (QED) is 0.711. The lowest BCUT2D eigenvalue weighted by atomic mass is 10.00. The van der Waals surface area contributed by atoms with Crippen LogP contribution in [0.3, 0.4) is 0 Å². The largest absolute Gasteiger partial charge is 0.399 e. The summed E-state index contributed by atoms with van der Waals surface area (Å²) in [5, 5.41) is 9.39. The summed E-state index contributed by atoms with van der Waals surface area (Å²) in [4.78, 5) is 12.0. The second-order valence-electron chi connectivity index (χ2n) is 4.22. The van der Waals surface area contributed by atoms with Crippen molar-refractivity contribution in [2.45, 2.75) is 19.4 Å². The summed E-state index contributed by atoms with van der Waals surface area (Å²) in [6.07, 6.45) is 3.44. The Labute approximate surface area is 105 Å². The van der Waals surface area contributed by atoms with Crippen molar-refractivity contribution in [1.29, 1.82) is 0 Å². The molecule has 1 heterocycles. The van der Waals surface area contributed by atoms with Gasteiger partial charge in [-0.05, 0) is 24.6 Å². The average Bonchev–Trinajstić information content (AvgIpc) is 2.88. The molecule has 1 aromatic carbocycles. The zero-order valence-corrected chi connectivity index (χ0v) is 10.2. The van der Waals surface area contributed by atoms with Gasteiger partial charge in [0, 0.05) is 24.0 Å². The third kappa shape index (κ3) is 2.88. The van der Waals surface area contributed by atoms with Gasteiger partial charge in [0.2, 0.25) is 5.91 Å². The zero-order valence-electron chi connectivity index (χ0n) is 10.2. The number of amides is 1. The smallest absolute Gasteiger partial charge is 0.227 e. The summed E-state index contributed by atoms with van der Waals surface area (Å²) < 4.78 is 0. The Bertz CT molecular complexity index is 522. The van der Waals surface area contributed by atoms with Crippen molar-refractivity contribution in [3.8, 4) is 0 Å². The van der Waals surface area contributed by atoms with Crippen LogP contribution in [0.15, 0.2) is 36.7 Å². The normalized spacial score (nSPS) is 12.1. The molecule has 2 aromatic rings. The first-order valence-corrected chi connectivity index (χ1v) is 5.77. The van der Waals surface area contributed by atoms with Gasteiger partial charge in [-0.25, -0.2) is 0 Å². The van der Waals surface area contributed by atoms with Crippen molar-refractivity contribution in [2.75, 3.05) is 5.73 Å². The Morgan fingerprint density at radius 2 is 2.39 bits per heavy atom. The molecule has 0 saturated carbocycles. The summed E-state index contributed by atoms with van der Waals surface area (Å²) in [5.41, 5.74) is 8.24. The number of aromatic nitrogens is 2. The van der Waals surface area contributed by atoms with Crippen molar-refractivity contribution in [1.82, 2.24) is 15.5 Å². The highest BCUT2D eigenvalue weighted by Crippen LogP contribution is 2.17. The maximum absolute atomic E-state index is 12.0. The summed E-state index contributed by atoms with van der Waals surface area (Å²) in [7, 11) is 0. The maximum atomic E-state index is 12.0. The lowest BCUT2D eigenvalue weighted by molar-refractivity contribution is -0.122. The van der Waals surface area contributed by atoms with Gasteiger partial charge in [0.05, 0.1) is 12.1 Å². The van der Waals surface area contributed by atoms with Gasteiger partial charge in [0.15, 0.2) is 0 Å². The number of nitrogens with two attached hydrogens (primary N) is 1. The molecule has 0 fully saturated rings. The highest BCUT2D eigenvalue weighted by Gasteiger charge is 2.14. The number of hydrogen-bond donors (Lipinski definition) is 3. The second-order valence-corrected chi connectivity index (χ2v) is 4.22. The molecule has 2 rings (SSSR count). The minimum atomic E-state index is -0.222. The fraction of sp³-hybridized carbons (Fsp3) is 0.231. The molecule has 5 nitrogen and oxygen atoms in total. The van der Waals surface area contributed by atoms with Crippen LogP contribution in [0.25, 0.3) is 0 Å². The number of aromatic amines is 1. The van der Waals surface area contributed by atoms with Crippen molar-refractivity contribution >= 4 is 11.6 Å². The molecule has 0 saturated heterocycles. The van der Waals surface area contributed by atoms with Crippen LogP contribution in [0.1, 0.15) is 24.0 Å². The molecular weight excluding hydrogens is 228 g/mol. The van der Waals surface area contributed by atoms with Crippen LogP contribution in [-0.4, -0.2) is 16.1 Å². The van der Waals surface area contributed by atoms with Gasteiger partial charge < -0.3 is 11.1 Å². The van der Waals surface area contributed by atoms with Gasteiger partial charge in [-0.1, -0.05) is 12.1 Å². The number of rotatable bonds is 4. The zero-order chi connectivity index (χ0) is 13.0. The molecule has 0 aliphatic carbocycles. The maximum Gasteiger partial charge on any atom is 0.227 e. The standard InChI is InChI=1S/C13H16N4O/c1-9(11-3-2-4-12(14)5-11)13(18)15-6-10-7-16-17-8-10/h2-5,7-9H,6,14H2,1H3,(H,15,18)(H,16,17). The Kier molecular flexibility index (Phi) is 3.62. The summed E-state index contributed by atoms with van der Waals surface area (Å²) in [6.45, 7) is 2.33. The SMILES string of the molecule is CC(C(=O)NCc1cn[nH]c1)c1cccc(N)c1. The average molecular weight is 244 g/mol. The molecule has 1 unspecified atom stereocenters. The molecule has 5 heteroatoms. The number of carbonyl (C=O) groups excluding carboxylic acids is 1. The van der Waals surface area contributed by atoms with Crippen LogP contribution in [0.4, 0.5) is 5.69 Å². The molecule has 1 amide bonds. The molecule has 1 aromatic heterocycles.